The molecular formula is C20H21N5O5. The summed E-state index contributed by atoms with van der Waals surface area (Å²) in [6.45, 7) is 0.0719. The first kappa shape index (κ1) is 22.3. The molecule has 0 spiro atoms. The fraction of sp³-hybridized carbons (Fsp3) is 0.250. The predicted octanol–water partition coefficient (Wildman–Crippen LogP) is 2.13. The average molecular weight is 411 g/mol. The lowest BCUT2D eigenvalue weighted by Gasteiger charge is -2.14. The highest BCUT2D eigenvalue weighted by molar-refractivity contribution is 5.94. The quantitative estimate of drug-likeness (QED) is 0.267. The van der Waals surface area contributed by atoms with Gasteiger partial charge in [0.05, 0.1) is 12.8 Å². The third-order valence-electron chi connectivity index (χ3n) is 4.17. The lowest BCUT2D eigenvalue weighted by atomic mass is 10.1. The van der Waals surface area contributed by atoms with E-state index in [2.05, 4.69) is 20.7 Å². The zero-order chi connectivity index (χ0) is 21.9. The minimum Gasteiger partial charge on any atom is -0.508 e. The summed E-state index contributed by atoms with van der Waals surface area (Å²) in [6, 6.07) is 12.2. The Kier molecular flexibility index (Phi) is 8.22. The number of aliphatic carboxylic acids is 1. The summed E-state index contributed by atoms with van der Waals surface area (Å²) in [5.74, 6) is -1.81. The van der Waals surface area contributed by atoms with Crippen molar-refractivity contribution in [1.82, 2.24) is 10.6 Å². The van der Waals surface area contributed by atoms with Crippen LogP contribution in [-0.4, -0.2) is 40.6 Å². The Morgan fingerprint density at radius 2 is 1.80 bits per heavy atom. The van der Waals surface area contributed by atoms with Gasteiger partial charge < -0.3 is 20.8 Å². The number of carboxylic acid groups (broad SMARTS) is 1. The monoisotopic (exact) mass is 411 g/mol. The largest absolute Gasteiger partial charge is 0.508 e. The molecule has 0 aromatic heterocycles. The molecule has 0 aliphatic carbocycles. The van der Waals surface area contributed by atoms with E-state index < -0.39 is 17.9 Å². The van der Waals surface area contributed by atoms with Gasteiger partial charge in [-0.15, -0.1) is 0 Å². The molecule has 0 bridgehead atoms. The van der Waals surface area contributed by atoms with Gasteiger partial charge in [-0.1, -0.05) is 35.4 Å². The van der Waals surface area contributed by atoms with Gasteiger partial charge in [0.15, 0.2) is 0 Å². The number of carboxylic acids is 1. The van der Waals surface area contributed by atoms with Crippen LogP contribution in [0, 0.1) is 0 Å². The van der Waals surface area contributed by atoms with Crippen LogP contribution in [0.15, 0.2) is 53.6 Å². The van der Waals surface area contributed by atoms with Crippen LogP contribution in [0.2, 0.25) is 0 Å². The van der Waals surface area contributed by atoms with Gasteiger partial charge in [-0.05, 0) is 29.3 Å². The summed E-state index contributed by atoms with van der Waals surface area (Å²) >= 11 is 0. The first-order valence-corrected chi connectivity index (χ1v) is 9.05. The zero-order valence-electron chi connectivity index (χ0n) is 16.0. The lowest BCUT2D eigenvalue weighted by Crippen LogP contribution is -2.38. The van der Waals surface area contributed by atoms with Gasteiger partial charge in [0.25, 0.3) is 5.91 Å². The molecule has 0 saturated carbocycles. The summed E-state index contributed by atoms with van der Waals surface area (Å²) < 4.78 is 0. The number of nitrogens with zero attached hydrogens (tertiary/aromatic N) is 3. The Morgan fingerprint density at radius 3 is 2.43 bits per heavy atom. The molecule has 0 saturated heterocycles. The van der Waals surface area contributed by atoms with Gasteiger partial charge in [-0.3, -0.25) is 14.4 Å². The van der Waals surface area contributed by atoms with Crippen LogP contribution in [0.1, 0.15) is 27.9 Å². The highest BCUT2D eigenvalue weighted by atomic mass is 16.4. The summed E-state index contributed by atoms with van der Waals surface area (Å²) in [5.41, 5.74) is 9.96. The van der Waals surface area contributed by atoms with Crippen molar-refractivity contribution in [2.24, 2.45) is 5.11 Å². The van der Waals surface area contributed by atoms with Crippen LogP contribution in [0.3, 0.4) is 0 Å². The van der Waals surface area contributed by atoms with Gasteiger partial charge in [0.2, 0.25) is 5.91 Å². The normalized spacial score (nSPS) is 11.1. The average Bonchev–Trinajstić information content (AvgIpc) is 2.72. The van der Waals surface area contributed by atoms with Crippen LogP contribution in [0.25, 0.3) is 10.4 Å². The third-order valence-corrected chi connectivity index (χ3v) is 4.17. The molecule has 2 aromatic rings. The predicted molar refractivity (Wildman–Crippen MR) is 108 cm³/mol. The number of rotatable bonds is 10. The lowest BCUT2D eigenvalue weighted by molar-refractivity contribution is -0.137. The molecule has 4 N–H and O–H groups in total. The van der Waals surface area contributed by atoms with Gasteiger partial charge in [0.1, 0.15) is 5.75 Å². The van der Waals surface area contributed by atoms with E-state index in [1.807, 2.05) is 0 Å². The molecule has 2 rings (SSSR count). The van der Waals surface area contributed by atoms with E-state index in [0.717, 1.165) is 5.56 Å². The van der Waals surface area contributed by atoms with E-state index in [0.29, 0.717) is 11.1 Å². The molecule has 0 aliphatic heterocycles. The van der Waals surface area contributed by atoms with E-state index in [1.54, 1.807) is 42.5 Å². The van der Waals surface area contributed by atoms with Crippen molar-refractivity contribution in [3.05, 3.63) is 75.7 Å². The van der Waals surface area contributed by atoms with E-state index in [4.69, 9.17) is 10.6 Å². The van der Waals surface area contributed by atoms with E-state index in [1.165, 1.54) is 6.07 Å². The molecule has 156 valence electrons. The Bertz CT molecular complexity index is 950. The number of benzene rings is 2. The van der Waals surface area contributed by atoms with Crippen molar-refractivity contribution >= 4 is 17.8 Å². The number of hydrogen-bond acceptors (Lipinski definition) is 5. The fourth-order valence-corrected chi connectivity index (χ4v) is 2.65. The van der Waals surface area contributed by atoms with Crippen LogP contribution in [-0.2, 0) is 22.6 Å². The summed E-state index contributed by atoms with van der Waals surface area (Å²) in [7, 11) is 0. The third kappa shape index (κ3) is 7.17. The van der Waals surface area contributed by atoms with E-state index >= 15 is 0 Å². The first-order valence-electron chi connectivity index (χ1n) is 9.05. The van der Waals surface area contributed by atoms with Gasteiger partial charge >= 0.3 is 5.97 Å². The van der Waals surface area contributed by atoms with Crippen LogP contribution >= 0.6 is 0 Å². The minimum atomic E-state index is -1.12. The van der Waals surface area contributed by atoms with Crippen molar-refractivity contribution in [3.8, 4) is 5.75 Å². The molecule has 0 unspecified atom stereocenters. The van der Waals surface area contributed by atoms with Crippen LogP contribution in [0.5, 0.6) is 5.75 Å². The fourth-order valence-electron chi connectivity index (χ4n) is 2.65. The number of hydrogen-bond donors (Lipinski definition) is 4. The van der Waals surface area contributed by atoms with E-state index in [9.17, 15) is 19.5 Å². The number of phenolic OH excluding ortho intramolecular Hbond substituents is 1. The van der Waals surface area contributed by atoms with Crippen molar-refractivity contribution in [2.45, 2.75) is 25.4 Å². The standard InChI is InChI=1S/C20H21N5O5/c21-25-23-12-16(10-19(28)29)24-20(30)14-7-5-13(6-8-14)11-22-18(27)9-15-3-1-2-4-17(15)26/h1-8,16,26H,9-12H2,(H,22,27)(H,24,30)(H,28,29)/t16-/m0/s1. The molecule has 2 amide bonds. The molecule has 0 radical (unpaired) electrons. The van der Waals surface area contributed by atoms with E-state index in [-0.39, 0.29) is 37.6 Å². The Balaban J connectivity index is 1.89. The minimum absolute atomic E-state index is 0.0449. The molecule has 30 heavy (non-hydrogen) atoms. The Hall–Kier alpha value is -4.04. The van der Waals surface area contributed by atoms with Crippen LogP contribution in [0.4, 0.5) is 0 Å². The summed E-state index contributed by atoms with van der Waals surface area (Å²) in [4.78, 5) is 37.8. The molecule has 2 aromatic carbocycles. The van der Waals surface area contributed by atoms with Gasteiger partial charge in [0, 0.05) is 35.2 Å². The molecule has 1 atom stereocenters. The topological polar surface area (TPSA) is 164 Å². The number of aromatic hydroxyl groups is 1. The summed E-state index contributed by atoms with van der Waals surface area (Å²) in [5, 5.41) is 27.2. The number of nitrogens with one attached hydrogen (secondary N) is 2. The van der Waals surface area contributed by atoms with Crippen molar-refractivity contribution in [1.29, 1.82) is 0 Å². The molecule has 0 aliphatic rings. The maximum Gasteiger partial charge on any atom is 0.305 e. The zero-order valence-corrected chi connectivity index (χ0v) is 16.0. The van der Waals surface area contributed by atoms with Gasteiger partial charge in [-0.2, -0.15) is 0 Å². The number of amides is 2. The first-order chi connectivity index (χ1) is 14.4. The second-order valence-electron chi connectivity index (χ2n) is 6.46. The van der Waals surface area contributed by atoms with Crippen molar-refractivity contribution < 1.29 is 24.6 Å². The van der Waals surface area contributed by atoms with Gasteiger partial charge in [-0.25, -0.2) is 0 Å². The highest BCUT2D eigenvalue weighted by Gasteiger charge is 2.16. The molecule has 10 nitrogen and oxygen atoms in total. The molecule has 0 heterocycles. The number of carbonyl (C=O) groups excluding carboxylic acids is 2. The highest BCUT2D eigenvalue weighted by Crippen LogP contribution is 2.16. The Morgan fingerprint density at radius 1 is 1.10 bits per heavy atom. The summed E-state index contributed by atoms with van der Waals surface area (Å²) in [6.07, 6.45) is -0.324. The van der Waals surface area contributed by atoms with Crippen molar-refractivity contribution in [2.75, 3.05) is 6.54 Å². The molecule has 0 fully saturated rings. The SMILES string of the molecule is [N-]=[N+]=NC[C@H](CC(=O)O)NC(=O)c1ccc(CNC(=O)Cc2ccccc2O)cc1. The second kappa shape index (κ2) is 11.1. The maximum atomic E-state index is 12.3. The Labute approximate surface area is 172 Å². The number of phenols is 1. The number of para-hydroxylation sites is 1. The molecule has 10 heteroatoms. The second-order valence-corrected chi connectivity index (χ2v) is 6.46. The number of carbonyl (C=O) groups is 3. The van der Waals surface area contributed by atoms with Crippen molar-refractivity contribution in [3.63, 3.8) is 0 Å². The maximum absolute atomic E-state index is 12.3. The van der Waals surface area contributed by atoms with Crippen LogP contribution < -0.4 is 10.6 Å². The smallest absolute Gasteiger partial charge is 0.305 e. The molecular weight excluding hydrogens is 390 g/mol. The number of azide groups is 1.